The molecule has 14 heavy (non-hydrogen) atoms. The van der Waals surface area contributed by atoms with Crippen molar-refractivity contribution in [2.24, 2.45) is 0 Å². The van der Waals surface area contributed by atoms with Gasteiger partial charge >= 0.3 is 0 Å². The Morgan fingerprint density at radius 1 is 1.43 bits per heavy atom. The molecular formula is C11H18N2O. The number of benzene rings is 1. The monoisotopic (exact) mass is 194 g/mol. The maximum absolute atomic E-state index is 8.63. The van der Waals surface area contributed by atoms with Crippen molar-refractivity contribution >= 4 is 11.4 Å². The molecule has 0 saturated heterocycles. The number of aliphatic hydroxyl groups excluding tert-OH is 1. The third-order valence-corrected chi connectivity index (χ3v) is 2.19. The molecule has 0 fully saturated rings. The molecule has 0 aliphatic rings. The van der Waals surface area contributed by atoms with E-state index in [0.717, 1.165) is 30.8 Å². The average molecular weight is 194 g/mol. The van der Waals surface area contributed by atoms with Gasteiger partial charge < -0.3 is 16.2 Å². The summed E-state index contributed by atoms with van der Waals surface area (Å²) in [7, 11) is 0. The van der Waals surface area contributed by atoms with Gasteiger partial charge in [-0.3, -0.25) is 0 Å². The molecule has 4 N–H and O–H groups in total. The van der Waals surface area contributed by atoms with E-state index in [1.165, 1.54) is 5.56 Å². The number of nitrogens with one attached hydrogen (secondary N) is 1. The van der Waals surface area contributed by atoms with Crippen LogP contribution in [0.5, 0.6) is 0 Å². The summed E-state index contributed by atoms with van der Waals surface area (Å²) in [6.07, 6.45) is 1.72. The lowest BCUT2D eigenvalue weighted by Gasteiger charge is -2.08. The van der Waals surface area contributed by atoms with E-state index in [-0.39, 0.29) is 6.61 Å². The second-order valence-corrected chi connectivity index (χ2v) is 3.27. The van der Waals surface area contributed by atoms with E-state index in [1.807, 2.05) is 12.1 Å². The highest BCUT2D eigenvalue weighted by molar-refractivity contribution is 5.57. The number of anilines is 2. The Balaban J connectivity index is 2.60. The van der Waals surface area contributed by atoms with Gasteiger partial charge in [0.2, 0.25) is 0 Å². The number of hydrogen-bond acceptors (Lipinski definition) is 3. The fourth-order valence-corrected chi connectivity index (χ4v) is 1.33. The molecule has 0 saturated carbocycles. The third-order valence-electron chi connectivity index (χ3n) is 2.19. The largest absolute Gasteiger partial charge is 0.399 e. The number of rotatable bonds is 5. The quantitative estimate of drug-likeness (QED) is 0.493. The topological polar surface area (TPSA) is 58.3 Å². The predicted molar refractivity (Wildman–Crippen MR) is 60.4 cm³/mol. The number of nitrogen functional groups attached to an aromatic ring is 1. The fraction of sp³-hybridized carbons (Fsp3) is 0.455. The van der Waals surface area contributed by atoms with Crippen LogP contribution >= 0.6 is 0 Å². The smallest absolute Gasteiger partial charge is 0.0447 e. The lowest BCUT2D eigenvalue weighted by atomic mass is 10.1. The molecule has 1 rings (SSSR count). The molecule has 3 heteroatoms. The highest BCUT2D eigenvalue weighted by Gasteiger charge is 1.98. The van der Waals surface area contributed by atoms with Crippen LogP contribution in [0.1, 0.15) is 18.9 Å². The van der Waals surface area contributed by atoms with E-state index in [9.17, 15) is 0 Å². The Bertz CT molecular complexity index is 287. The van der Waals surface area contributed by atoms with Gasteiger partial charge in [-0.25, -0.2) is 0 Å². The molecule has 3 nitrogen and oxygen atoms in total. The predicted octanol–water partition coefficient (Wildman–Crippen LogP) is 1.63. The van der Waals surface area contributed by atoms with E-state index in [2.05, 4.69) is 18.3 Å². The molecule has 0 bridgehead atoms. The Morgan fingerprint density at radius 2 is 2.21 bits per heavy atom. The van der Waals surface area contributed by atoms with Gasteiger partial charge in [0, 0.05) is 24.5 Å². The fourth-order valence-electron chi connectivity index (χ4n) is 1.33. The Morgan fingerprint density at radius 3 is 2.86 bits per heavy atom. The number of aryl methyl sites for hydroxylation is 1. The molecule has 0 aliphatic carbocycles. The highest BCUT2D eigenvalue weighted by atomic mass is 16.3. The first-order valence-corrected chi connectivity index (χ1v) is 5.01. The zero-order valence-corrected chi connectivity index (χ0v) is 8.59. The maximum atomic E-state index is 8.63. The van der Waals surface area contributed by atoms with Crippen molar-refractivity contribution in [3.63, 3.8) is 0 Å². The van der Waals surface area contributed by atoms with Crippen LogP contribution in [0.4, 0.5) is 11.4 Å². The van der Waals surface area contributed by atoms with Crippen LogP contribution in [0.2, 0.25) is 0 Å². The van der Waals surface area contributed by atoms with E-state index in [4.69, 9.17) is 10.8 Å². The van der Waals surface area contributed by atoms with Crippen LogP contribution in [0, 0.1) is 0 Å². The summed E-state index contributed by atoms with van der Waals surface area (Å²) >= 11 is 0. The SMILES string of the molecule is CCc1cc(NCCCO)ccc1N. The molecule has 0 radical (unpaired) electrons. The summed E-state index contributed by atoms with van der Waals surface area (Å²) in [6, 6.07) is 5.94. The summed E-state index contributed by atoms with van der Waals surface area (Å²) in [4.78, 5) is 0. The standard InChI is InChI=1S/C11H18N2O/c1-2-9-8-10(4-5-11(9)12)13-6-3-7-14/h4-5,8,13-14H,2-3,6-7,12H2,1H3. The van der Waals surface area contributed by atoms with Crippen LogP contribution in [0.25, 0.3) is 0 Å². The van der Waals surface area contributed by atoms with Crippen molar-refractivity contribution in [2.45, 2.75) is 19.8 Å². The van der Waals surface area contributed by atoms with E-state index >= 15 is 0 Å². The molecule has 0 unspecified atom stereocenters. The minimum atomic E-state index is 0.225. The Hall–Kier alpha value is -1.22. The Kier molecular flexibility index (Phi) is 4.26. The molecule has 0 heterocycles. The van der Waals surface area contributed by atoms with Gasteiger partial charge in [0.1, 0.15) is 0 Å². The Labute approximate surface area is 84.9 Å². The van der Waals surface area contributed by atoms with Gasteiger partial charge in [-0.15, -0.1) is 0 Å². The van der Waals surface area contributed by atoms with Crippen molar-refractivity contribution in [2.75, 3.05) is 24.2 Å². The molecule has 0 atom stereocenters. The van der Waals surface area contributed by atoms with Gasteiger partial charge in [0.15, 0.2) is 0 Å². The minimum absolute atomic E-state index is 0.225. The summed E-state index contributed by atoms with van der Waals surface area (Å²) < 4.78 is 0. The molecule has 0 aliphatic heterocycles. The summed E-state index contributed by atoms with van der Waals surface area (Å²) in [5, 5.41) is 11.9. The zero-order valence-electron chi connectivity index (χ0n) is 8.59. The molecule has 1 aromatic rings. The third kappa shape index (κ3) is 2.92. The molecule has 1 aromatic carbocycles. The first-order chi connectivity index (χ1) is 6.77. The first kappa shape index (κ1) is 10.9. The maximum Gasteiger partial charge on any atom is 0.0447 e. The van der Waals surface area contributed by atoms with E-state index in [0.29, 0.717) is 0 Å². The molecular weight excluding hydrogens is 176 g/mol. The van der Waals surface area contributed by atoms with Gasteiger partial charge in [0.05, 0.1) is 0 Å². The highest BCUT2D eigenvalue weighted by Crippen LogP contribution is 2.18. The van der Waals surface area contributed by atoms with Crippen LogP contribution < -0.4 is 11.1 Å². The lowest BCUT2D eigenvalue weighted by Crippen LogP contribution is -2.04. The van der Waals surface area contributed by atoms with Crippen LogP contribution in [-0.4, -0.2) is 18.3 Å². The molecule has 0 aromatic heterocycles. The van der Waals surface area contributed by atoms with E-state index in [1.54, 1.807) is 0 Å². The van der Waals surface area contributed by atoms with Gasteiger partial charge in [-0.2, -0.15) is 0 Å². The zero-order chi connectivity index (χ0) is 10.4. The van der Waals surface area contributed by atoms with Crippen LogP contribution in [0.15, 0.2) is 18.2 Å². The molecule has 0 spiro atoms. The number of hydrogen-bond donors (Lipinski definition) is 3. The van der Waals surface area contributed by atoms with Gasteiger partial charge in [-0.1, -0.05) is 6.92 Å². The van der Waals surface area contributed by atoms with Crippen molar-refractivity contribution in [1.29, 1.82) is 0 Å². The summed E-state index contributed by atoms with van der Waals surface area (Å²) in [5.41, 5.74) is 8.87. The van der Waals surface area contributed by atoms with Crippen LogP contribution in [0.3, 0.4) is 0 Å². The average Bonchev–Trinajstić information content (AvgIpc) is 2.21. The van der Waals surface area contributed by atoms with Crippen molar-refractivity contribution in [3.05, 3.63) is 23.8 Å². The number of nitrogens with two attached hydrogens (primary N) is 1. The molecule has 78 valence electrons. The van der Waals surface area contributed by atoms with Crippen molar-refractivity contribution in [3.8, 4) is 0 Å². The molecule has 0 amide bonds. The van der Waals surface area contributed by atoms with E-state index < -0.39 is 0 Å². The normalized spacial score (nSPS) is 10.1. The minimum Gasteiger partial charge on any atom is -0.399 e. The second-order valence-electron chi connectivity index (χ2n) is 3.27. The van der Waals surface area contributed by atoms with Gasteiger partial charge in [0.25, 0.3) is 0 Å². The first-order valence-electron chi connectivity index (χ1n) is 5.01. The van der Waals surface area contributed by atoms with Gasteiger partial charge in [-0.05, 0) is 36.6 Å². The number of aliphatic hydroxyl groups is 1. The summed E-state index contributed by atoms with van der Waals surface area (Å²) in [5.74, 6) is 0. The summed E-state index contributed by atoms with van der Waals surface area (Å²) in [6.45, 7) is 3.11. The van der Waals surface area contributed by atoms with Crippen molar-refractivity contribution < 1.29 is 5.11 Å². The second kappa shape index (κ2) is 5.50. The lowest BCUT2D eigenvalue weighted by molar-refractivity contribution is 0.292. The van der Waals surface area contributed by atoms with Crippen molar-refractivity contribution in [1.82, 2.24) is 0 Å². The van der Waals surface area contributed by atoms with Crippen LogP contribution in [-0.2, 0) is 6.42 Å².